The zero-order chi connectivity index (χ0) is 15.5. The largest absolute Gasteiger partial charge is 0.451 e. The number of rotatable bonds is 3. The predicted molar refractivity (Wildman–Crippen MR) is 66.1 cm³/mol. The molecule has 1 heterocycles. The Morgan fingerprint density at radius 2 is 2.00 bits per heavy atom. The molecule has 2 rings (SSSR count). The van der Waals surface area contributed by atoms with Gasteiger partial charge in [0.2, 0.25) is 11.7 Å². The summed E-state index contributed by atoms with van der Waals surface area (Å²) in [6, 6.07) is 8.89. The lowest BCUT2D eigenvalue weighted by Crippen LogP contribution is -2.16. The maximum absolute atomic E-state index is 12.6. The van der Waals surface area contributed by atoms with E-state index in [4.69, 9.17) is 15.8 Å². The van der Waals surface area contributed by atoms with Gasteiger partial charge >= 0.3 is 6.18 Å². The van der Waals surface area contributed by atoms with E-state index >= 15 is 0 Å². The summed E-state index contributed by atoms with van der Waals surface area (Å²) >= 11 is 0. The van der Waals surface area contributed by atoms with Gasteiger partial charge < -0.3 is 10.2 Å². The van der Waals surface area contributed by atoms with E-state index in [9.17, 15) is 13.2 Å². The average Bonchev–Trinajstić information content (AvgIpc) is 2.46. The molecular weight excluding hydrogens is 287 g/mol. The molecule has 1 aromatic heterocycles. The van der Waals surface area contributed by atoms with Crippen molar-refractivity contribution in [1.82, 2.24) is 9.97 Å². The first-order valence-corrected chi connectivity index (χ1v) is 5.53. The minimum atomic E-state index is -4.74. The van der Waals surface area contributed by atoms with Gasteiger partial charge in [0.25, 0.3) is 0 Å². The van der Waals surface area contributed by atoms with Crippen LogP contribution in [0.2, 0.25) is 0 Å². The number of aromatic nitrogens is 2. The first kappa shape index (κ1) is 14.5. The number of halogens is 3. The number of alkyl halides is 3. The van der Waals surface area contributed by atoms with E-state index in [0.717, 1.165) is 6.07 Å². The lowest BCUT2D eigenvalue weighted by molar-refractivity contribution is -0.145. The van der Waals surface area contributed by atoms with Crippen LogP contribution in [0.4, 0.5) is 19.0 Å². The van der Waals surface area contributed by atoms with Crippen LogP contribution in [0.1, 0.15) is 11.4 Å². The van der Waals surface area contributed by atoms with E-state index in [-0.39, 0.29) is 17.4 Å². The first-order chi connectivity index (χ1) is 9.92. The Morgan fingerprint density at radius 1 is 1.24 bits per heavy atom. The number of nitrogens with one attached hydrogen (secondary N) is 1. The quantitative estimate of drug-likeness (QED) is 0.667. The first-order valence-electron chi connectivity index (χ1n) is 5.53. The molecule has 6 nitrogen and oxygen atoms in total. The molecule has 9 heteroatoms. The summed E-state index contributed by atoms with van der Waals surface area (Å²) in [7, 11) is 0. The Balaban J connectivity index is 2.37. The van der Waals surface area contributed by atoms with E-state index in [0.29, 0.717) is 5.56 Å². The number of nitriles is 1. The number of nitrogens with two attached hydrogens (primary N) is 1. The highest BCUT2D eigenvalue weighted by Crippen LogP contribution is 2.30. The predicted octanol–water partition coefficient (Wildman–Crippen LogP) is 2.44. The molecule has 21 heavy (non-hydrogen) atoms. The van der Waals surface area contributed by atoms with Gasteiger partial charge in [-0.1, -0.05) is 6.07 Å². The van der Waals surface area contributed by atoms with Crippen LogP contribution < -0.4 is 16.0 Å². The van der Waals surface area contributed by atoms with Crippen LogP contribution in [-0.4, -0.2) is 9.97 Å². The molecule has 0 aliphatic heterocycles. The van der Waals surface area contributed by atoms with E-state index in [1.165, 1.54) is 24.3 Å². The normalized spacial score (nSPS) is 10.8. The van der Waals surface area contributed by atoms with Gasteiger partial charge in [0.05, 0.1) is 11.6 Å². The maximum Gasteiger partial charge on any atom is 0.451 e. The van der Waals surface area contributed by atoms with Crippen molar-refractivity contribution in [1.29, 1.82) is 5.26 Å². The molecule has 1 aromatic carbocycles. The number of hydrogen-bond acceptors (Lipinski definition) is 6. The van der Waals surface area contributed by atoms with Gasteiger partial charge in [-0.25, -0.2) is 10.8 Å². The standard InChI is InChI=1S/C12H8F3N5O/c13-12(14,15)11-18-9(20-17)5-10(19-11)21-8-3-1-2-7(4-8)6-16/h1-5H,17H2,(H,18,19,20). The second-order valence-corrected chi connectivity index (χ2v) is 3.80. The molecule has 0 fully saturated rings. The lowest BCUT2D eigenvalue weighted by atomic mass is 10.2. The fourth-order valence-corrected chi connectivity index (χ4v) is 1.43. The molecule has 0 aliphatic carbocycles. The molecule has 2 aromatic rings. The Hall–Kier alpha value is -2.86. The van der Waals surface area contributed by atoms with Crippen LogP contribution >= 0.6 is 0 Å². The zero-order valence-electron chi connectivity index (χ0n) is 10.3. The summed E-state index contributed by atoms with van der Waals surface area (Å²) in [5.74, 6) is 3.26. The number of hydrazine groups is 1. The second-order valence-electron chi connectivity index (χ2n) is 3.80. The van der Waals surface area contributed by atoms with E-state index in [1.54, 1.807) is 0 Å². The number of nitrogens with zero attached hydrogens (tertiary/aromatic N) is 3. The van der Waals surface area contributed by atoms with E-state index in [2.05, 4.69) is 9.97 Å². The van der Waals surface area contributed by atoms with Crippen LogP contribution in [0.5, 0.6) is 11.6 Å². The third-order valence-corrected chi connectivity index (χ3v) is 2.29. The Bertz CT molecular complexity index is 696. The third kappa shape index (κ3) is 3.58. The molecule has 0 spiro atoms. The van der Waals surface area contributed by atoms with Crippen LogP contribution in [0.25, 0.3) is 0 Å². The topological polar surface area (TPSA) is 96.8 Å². The molecule has 0 unspecified atom stereocenters. The number of nitrogen functional groups attached to an aromatic ring is 1. The Morgan fingerprint density at radius 3 is 2.62 bits per heavy atom. The van der Waals surface area contributed by atoms with Crippen molar-refractivity contribution < 1.29 is 17.9 Å². The molecule has 0 radical (unpaired) electrons. The highest BCUT2D eigenvalue weighted by Gasteiger charge is 2.35. The molecule has 0 amide bonds. The van der Waals surface area contributed by atoms with Gasteiger partial charge in [-0.2, -0.15) is 23.4 Å². The highest BCUT2D eigenvalue weighted by atomic mass is 19.4. The summed E-state index contributed by atoms with van der Waals surface area (Å²) in [6.45, 7) is 0. The SMILES string of the molecule is N#Cc1cccc(Oc2cc(NN)nc(C(F)(F)F)n2)c1. The number of hydrogen-bond donors (Lipinski definition) is 2. The third-order valence-electron chi connectivity index (χ3n) is 2.29. The van der Waals surface area contributed by atoms with Gasteiger partial charge in [0.15, 0.2) is 0 Å². The van der Waals surface area contributed by atoms with Crippen molar-refractivity contribution in [2.24, 2.45) is 5.84 Å². The van der Waals surface area contributed by atoms with Crippen LogP contribution in [0.3, 0.4) is 0 Å². The fourth-order valence-electron chi connectivity index (χ4n) is 1.43. The minimum Gasteiger partial charge on any atom is -0.439 e. The van der Waals surface area contributed by atoms with Crippen LogP contribution in [-0.2, 0) is 6.18 Å². The summed E-state index contributed by atoms with van der Waals surface area (Å²) in [5, 5.41) is 8.75. The fraction of sp³-hybridized carbons (Fsp3) is 0.0833. The van der Waals surface area contributed by atoms with Crippen LogP contribution in [0, 0.1) is 11.3 Å². The second kappa shape index (κ2) is 5.64. The van der Waals surface area contributed by atoms with Gasteiger partial charge in [-0.05, 0) is 18.2 Å². The van der Waals surface area contributed by atoms with Gasteiger partial charge in [0, 0.05) is 6.07 Å². The molecule has 3 N–H and O–H groups in total. The molecular formula is C12H8F3N5O. The van der Waals surface area contributed by atoms with Gasteiger partial charge in [-0.3, -0.25) is 0 Å². The van der Waals surface area contributed by atoms with Crippen molar-refractivity contribution in [2.75, 3.05) is 5.43 Å². The van der Waals surface area contributed by atoms with E-state index < -0.39 is 12.0 Å². The molecule has 0 atom stereocenters. The zero-order valence-corrected chi connectivity index (χ0v) is 10.3. The lowest BCUT2D eigenvalue weighted by Gasteiger charge is -2.10. The molecule has 0 bridgehead atoms. The Labute approximate surface area is 117 Å². The number of anilines is 1. The smallest absolute Gasteiger partial charge is 0.439 e. The summed E-state index contributed by atoms with van der Waals surface area (Å²) in [4.78, 5) is 6.46. The minimum absolute atomic E-state index is 0.170. The highest BCUT2D eigenvalue weighted by molar-refractivity contribution is 5.41. The maximum atomic E-state index is 12.6. The van der Waals surface area contributed by atoms with Crippen molar-refractivity contribution in [3.63, 3.8) is 0 Å². The molecule has 0 aliphatic rings. The van der Waals surface area contributed by atoms with Crippen molar-refractivity contribution >= 4 is 5.82 Å². The van der Waals surface area contributed by atoms with E-state index in [1.807, 2.05) is 11.5 Å². The summed E-state index contributed by atoms with van der Waals surface area (Å²) < 4.78 is 43.1. The summed E-state index contributed by atoms with van der Waals surface area (Å²) in [5.41, 5.74) is 2.31. The van der Waals surface area contributed by atoms with Crippen molar-refractivity contribution in [3.8, 4) is 17.7 Å². The van der Waals surface area contributed by atoms with Gasteiger partial charge in [0.1, 0.15) is 11.6 Å². The van der Waals surface area contributed by atoms with Crippen molar-refractivity contribution in [2.45, 2.75) is 6.18 Å². The molecule has 108 valence electrons. The molecule has 0 saturated carbocycles. The van der Waals surface area contributed by atoms with Gasteiger partial charge in [-0.15, -0.1) is 0 Å². The Kier molecular flexibility index (Phi) is 3.91. The van der Waals surface area contributed by atoms with Crippen LogP contribution in [0.15, 0.2) is 30.3 Å². The number of benzene rings is 1. The monoisotopic (exact) mass is 295 g/mol. The number of ether oxygens (including phenoxy) is 1. The summed E-state index contributed by atoms with van der Waals surface area (Å²) in [6.07, 6.45) is -4.74. The molecule has 0 saturated heterocycles. The van der Waals surface area contributed by atoms with Crippen molar-refractivity contribution in [3.05, 3.63) is 41.7 Å². The average molecular weight is 295 g/mol.